The topological polar surface area (TPSA) is 46.1 Å². The van der Waals surface area contributed by atoms with Crippen molar-refractivity contribution < 1.29 is 4.79 Å². The molecule has 0 aliphatic carbocycles. The average molecular weight is 275 g/mol. The molecule has 0 bridgehead atoms. The number of aromatic nitrogens is 2. The SMILES string of the molecule is Cc1nc(CC(=O)N(C)CCc2ccncc2)cs1. The molecule has 4 nitrogen and oxygen atoms in total. The Morgan fingerprint density at radius 3 is 2.74 bits per heavy atom. The van der Waals surface area contributed by atoms with Crippen LogP contribution in [0.15, 0.2) is 29.9 Å². The van der Waals surface area contributed by atoms with Gasteiger partial charge in [-0.15, -0.1) is 11.3 Å². The van der Waals surface area contributed by atoms with Gasteiger partial charge >= 0.3 is 0 Å². The monoisotopic (exact) mass is 275 g/mol. The van der Waals surface area contributed by atoms with E-state index in [0.29, 0.717) is 13.0 Å². The molecule has 19 heavy (non-hydrogen) atoms. The lowest BCUT2D eigenvalue weighted by Crippen LogP contribution is -2.30. The standard InChI is InChI=1S/C14H17N3OS/c1-11-16-13(10-19-11)9-14(18)17(2)8-5-12-3-6-15-7-4-12/h3-4,6-7,10H,5,8-9H2,1-2H3. The van der Waals surface area contributed by atoms with Crippen molar-refractivity contribution in [2.24, 2.45) is 0 Å². The van der Waals surface area contributed by atoms with E-state index in [9.17, 15) is 4.79 Å². The Bertz CT molecular complexity index is 539. The Hall–Kier alpha value is -1.75. The second-order valence-corrected chi connectivity index (χ2v) is 5.52. The Labute approximate surface area is 117 Å². The molecular formula is C14H17N3OS. The van der Waals surface area contributed by atoms with E-state index >= 15 is 0 Å². The van der Waals surface area contributed by atoms with Gasteiger partial charge in [0.15, 0.2) is 0 Å². The number of nitrogens with zero attached hydrogens (tertiary/aromatic N) is 3. The Kier molecular flexibility index (Phi) is 4.63. The van der Waals surface area contributed by atoms with Crippen LogP contribution < -0.4 is 0 Å². The fourth-order valence-electron chi connectivity index (χ4n) is 1.75. The highest BCUT2D eigenvalue weighted by Crippen LogP contribution is 2.09. The highest BCUT2D eigenvalue weighted by molar-refractivity contribution is 7.09. The first-order chi connectivity index (χ1) is 9.15. The third-order valence-electron chi connectivity index (χ3n) is 2.91. The molecule has 2 aromatic rings. The summed E-state index contributed by atoms with van der Waals surface area (Å²) in [7, 11) is 1.84. The fraction of sp³-hybridized carbons (Fsp3) is 0.357. The lowest BCUT2D eigenvalue weighted by Gasteiger charge is -2.16. The molecule has 0 radical (unpaired) electrons. The van der Waals surface area contributed by atoms with Gasteiger partial charge in [-0.05, 0) is 31.0 Å². The van der Waals surface area contributed by atoms with Gasteiger partial charge < -0.3 is 4.90 Å². The zero-order valence-corrected chi connectivity index (χ0v) is 12.0. The molecular weight excluding hydrogens is 258 g/mol. The molecule has 2 rings (SSSR count). The van der Waals surface area contributed by atoms with Gasteiger partial charge in [0.1, 0.15) is 0 Å². The third kappa shape index (κ3) is 4.13. The van der Waals surface area contributed by atoms with Gasteiger partial charge in [0.25, 0.3) is 0 Å². The number of aryl methyl sites for hydroxylation is 1. The van der Waals surface area contributed by atoms with Crippen LogP contribution in [-0.4, -0.2) is 34.4 Å². The number of rotatable bonds is 5. The van der Waals surface area contributed by atoms with Crippen LogP contribution in [0.4, 0.5) is 0 Å². The predicted molar refractivity (Wildman–Crippen MR) is 76.1 cm³/mol. The van der Waals surface area contributed by atoms with Crippen LogP contribution in [0, 0.1) is 6.92 Å². The van der Waals surface area contributed by atoms with E-state index in [1.807, 2.05) is 31.5 Å². The van der Waals surface area contributed by atoms with E-state index in [1.165, 1.54) is 5.56 Å². The smallest absolute Gasteiger partial charge is 0.228 e. The van der Waals surface area contributed by atoms with E-state index in [-0.39, 0.29) is 5.91 Å². The van der Waals surface area contributed by atoms with Gasteiger partial charge in [0.05, 0.1) is 17.1 Å². The van der Waals surface area contributed by atoms with Crippen molar-refractivity contribution in [1.82, 2.24) is 14.9 Å². The van der Waals surface area contributed by atoms with E-state index in [0.717, 1.165) is 17.1 Å². The summed E-state index contributed by atoms with van der Waals surface area (Å²) in [5.41, 5.74) is 2.06. The summed E-state index contributed by atoms with van der Waals surface area (Å²) in [6.07, 6.45) is 4.78. The van der Waals surface area contributed by atoms with Gasteiger partial charge in [0.2, 0.25) is 5.91 Å². The minimum atomic E-state index is 0.111. The molecule has 0 spiro atoms. The van der Waals surface area contributed by atoms with Crippen LogP contribution >= 0.6 is 11.3 Å². The van der Waals surface area contributed by atoms with Gasteiger partial charge in [0, 0.05) is 31.4 Å². The second-order valence-electron chi connectivity index (χ2n) is 4.46. The number of hydrogen-bond donors (Lipinski definition) is 0. The highest BCUT2D eigenvalue weighted by Gasteiger charge is 2.11. The summed E-state index contributed by atoms with van der Waals surface area (Å²) in [5, 5.41) is 2.95. The first-order valence-electron chi connectivity index (χ1n) is 6.19. The van der Waals surface area contributed by atoms with Gasteiger partial charge in [-0.1, -0.05) is 0 Å². The van der Waals surface area contributed by atoms with Crippen molar-refractivity contribution in [2.45, 2.75) is 19.8 Å². The van der Waals surface area contributed by atoms with Crippen molar-refractivity contribution in [3.63, 3.8) is 0 Å². The predicted octanol–water partition coefficient (Wildman–Crippen LogP) is 2.09. The van der Waals surface area contributed by atoms with Crippen molar-refractivity contribution >= 4 is 17.2 Å². The van der Waals surface area contributed by atoms with Gasteiger partial charge in [-0.3, -0.25) is 9.78 Å². The first kappa shape index (κ1) is 13.7. The lowest BCUT2D eigenvalue weighted by atomic mass is 10.2. The van der Waals surface area contributed by atoms with Crippen LogP contribution in [0.5, 0.6) is 0 Å². The minimum Gasteiger partial charge on any atom is -0.345 e. The number of likely N-dealkylation sites (N-methyl/N-ethyl adjacent to an activating group) is 1. The molecule has 5 heteroatoms. The Balaban J connectivity index is 1.82. The summed E-state index contributed by atoms with van der Waals surface area (Å²) in [6, 6.07) is 3.95. The summed E-state index contributed by atoms with van der Waals surface area (Å²) in [4.78, 5) is 22.1. The van der Waals surface area contributed by atoms with Crippen LogP contribution in [0.2, 0.25) is 0 Å². The summed E-state index contributed by atoms with van der Waals surface area (Å²) < 4.78 is 0. The molecule has 0 N–H and O–H groups in total. The number of thiazole rings is 1. The lowest BCUT2D eigenvalue weighted by molar-refractivity contribution is -0.129. The molecule has 0 fully saturated rings. The first-order valence-corrected chi connectivity index (χ1v) is 7.07. The van der Waals surface area contributed by atoms with Gasteiger partial charge in [-0.2, -0.15) is 0 Å². The van der Waals surface area contributed by atoms with Crippen LogP contribution in [0.1, 0.15) is 16.3 Å². The molecule has 0 aliphatic rings. The highest BCUT2D eigenvalue weighted by atomic mass is 32.1. The zero-order valence-electron chi connectivity index (χ0n) is 11.2. The van der Waals surface area contributed by atoms with Crippen molar-refractivity contribution in [2.75, 3.05) is 13.6 Å². The van der Waals surface area contributed by atoms with E-state index in [1.54, 1.807) is 28.6 Å². The van der Waals surface area contributed by atoms with Crippen molar-refractivity contribution in [3.8, 4) is 0 Å². The fourth-order valence-corrected chi connectivity index (χ4v) is 2.36. The van der Waals surface area contributed by atoms with Crippen LogP contribution in [-0.2, 0) is 17.6 Å². The number of pyridine rings is 1. The van der Waals surface area contributed by atoms with Crippen LogP contribution in [0.3, 0.4) is 0 Å². The third-order valence-corrected chi connectivity index (χ3v) is 3.73. The molecule has 2 heterocycles. The van der Waals surface area contributed by atoms with Crippen LogP contribution in [0.25, 0.3) is 0 Å². The maximum atomic E-state index is 12.0. The normalized spacial score (nSPS) is 10.4. The zero-order chi connectivity index (χ0) is 13.7. The maximum absolute atomic E-state index is 12.0. The largest absolute Gasteiger partial charge is 0.345 e. The summed E-state index contributed by atoms with van der Waals surface area (Å²) in [5.74, 6) is 0.111. The Morgan fingerprint density at radius 1 is 1.37 bits per heavy atom. The molecule has 2 aromatic heterocycles. The molecule has 0 aliphatic heterocycles. The summed E-state index contributed by atoms with van der Waals surface area (Å²) in [6.45, 7) is 2.66. The average Bonchev–Trinajstić information content (AvgIpc) is 2.82. The van der Waals surface area contributed by atoms with E-state index in [4.69, 9.17) is 0 Å². The molecule has 0 saturated heterocycles. The van der Waals surface area contributed by atoms with Gasteiger partial charge in [-0.25, -0.2) is 4.98 Å². The van der Waals surface area contributed by atoms with Crippen molar-refractivity contribution in [1.29, 1.82) is 0 Å². The summed E-state index contributed by atoms with van der Waals surface area (Å²) >= 11 is 1.58. The molecule has 0 saturated carbocycles. The number of carbonyl (C=O) groups excluding carboxylic acids is 1. The van der Waals surface area contributed by atoms with E-state index in [2.05, 4.69) is 9.97 Å². The molecule has 1 amide bonds. The molecule has 100 valence electrons. The molecule has 0 aromatic carbocycles. The number of carbonyl (C=O) groups is 1. The maximum Gasteiger partial charge on any atom is 0.228 e. The quantitative estimate of drug-likeness (QED) is 0.839. The molecule has 0 unspecified atom stereocenters. The molecule has 0 atom stereocenters. The second kappa shape index (κ2) is 6.43. The number of hydrogen-bond acceptors (Lipinski definition) is 4. The van der Waals surface area contributed by atoms with E-state index < -0.39 is 0 Å². The Morgan fingerprint density at radius 2 is 2.11 bits per heavy atom. The number of amides is 1. The minimum absolute atomic E-state index is 0.111. The van der Waals surface area contributed by atoms with Crippen molar-refractivity contribution in [3.05, 3.63) is 46.2 Å².